The molecule has 0 aromatic heterocycles. The lowest BCUT2D eigenvalue weighted by Gasteiger charge is -2.21. The van der Waals surface area contributed by atoms with Gasteiger partial charge in [-0.25, -0.2) is 0 Å². The van der Waals surface area contributed by atoms with E-state index in [4.69, 9.17) is 23.2 Å². The molecule has 0 aliphatic heterocycles. The van der Waals surface area contributed by atoms with Crippen LogP contribution in [0, 0.1) is 13.8 Å². The molecule has 0 aliphatic rings. The molecule has 2 unspecified atom stereocenters. The lowest BCUT2D eigenvalue weighted by Crippen LogP contribution is -2.39. The fourth-order valence-electron chi connectivity index (χ4n) is 2.50. The Hall–Kier alpha value is -1.55. The first kappa shape index (κ1) is 18.8. The molecule has 0 spiro atoms. The maximum Gasteiger partial charge on any atom is 0.241 e. The molecule has 2 rings (SSSR count). The fourth-order valence-corrected chi connectivity index (χ4v) is 3.08. The van der Waals surface area contributed by atoms with Gasteiger partial charge >= 0.3 is 0 Å². The molecule has 0 fully saturated rings. The summed E-state index contributed by atoms with van der Waals surface area (Å²) in [6, 6.07) is 10.9. The van der Waals surface area contributed by atoms with Gasteiger partial charge in [0.25, 0.3) is 0 Å². The van der Waals surface area contributed by atoms with Gasteiger partial charge in [-0.15, -0.1) is 0 Å². The lowest BCUT2D eigenvalue weighted by atomic mass is 10.1. The van der Waals surface area contributed by atoms with Crippen molar-refractivity contribution in [3.8, 4) is 0 Å². The van der Waals surface area contributed by atoms with E-state index in [-0.39, 0.29) is 18.0 Å². The molecular formula is C19H22Cl2N2O. The number of rotatable bonds is 5. The highest BCUT2D eigenvalue weighted by atomic mass is 35.5. The number of halogens is 2. The van der Waals surface area contributed by atoms with Crippen LogP contribution in [0.2, 0.25) is 10.0 Å². The number of amides is 1. The van der Waals surface area contributed by atoms with E-state index in [1.165, 1.54) is 0 Å². The number of hydrogen-bond acceptors (Lipinski definition) is 2. The third-order valence-electron chi connectivity index (χ3n) is 3.97. The van der Waals surface area contributed by atoms with Crippen molar-refractivity contribution in [1.82, 2.24) is 5.32 Å². The summed E-state index contributed by atoms with van der Waals surface area (Å²) in [6.07, 6.45) is 0. The monoisotopic (exact) mass is 364 g/mol. The zero-order valence-electron chi connectivity index (χ0n) is 14.3. The van der Waals surface area contributed by atoms with Crippen LogP contribution in [0.15, 0.2) is 36.4 Å². The second-order valence-electron chi connectivity index (χ2n) is 6.08. The van der Waals surface area contributed by atoms with E-state index in [1.54, 1.807) is 12.1 Å². The van der Waals surface area contributed by atoms with Gasteiger partial charge < -0.3 is 5.32 Å². The van der Waals surface area contributed by atoms with Crippen LogP contribution in [-0.4, -0.2) is 11.9 Å². The number of benzene rings is 2. The van der Waals surface area contributed by atoms with Gasteiger partial charge in [0.15, 0.2) is 0 Å². The van der Waals surface area contributed by atoms with Crippen LogP contribution in [0.25, 0.3) is 0 Å². The average Bonchev–Trinajstić information content (AvgIpc) is 2.50. The summed E-state index contributed by atoms with van der Waals surface area (Å²) in [7, 11) is 0. The molecule has 5 heteroatoms. The first-order valence-corrected chi connectivity index (χ1v) is 8.62. The van der Waals surface area contributed by atoms with Gasteiger partial charge in [-0.3, -0.25) is 10.1 Å². The second-order valence-corrected chi connectivity index (χ2v) is 6.93. The number of hydrogen-bond donors (Lipinski definition) is 2. The highest BCUT2D eigenvalue weighted by molar-refractivity contribution is 6.35. The summed E-state index contributed by atoms with van der Waals surface area (Å²) in [5, 5.41) is 7.43. The predicted octanol–water partition coefficient (Wildman–Crippen LogP) is 5.29. The van der Waals surface area contributed by atoms with Crippen molar-refractivity contribution in [3.63, 3.8) is 0 Å². The predicted molar refractivity (Wildman–Crippen MR) is 102 cm³/mol. The maximum absolute atomic E-state index is 12.5. The SMILES string of the molecule is Cc1ccc(C)c(NC(=O)C(C)NC(C)c2ccc(Cl)cc2Cl)c1. The second kappa shape index (κ2) is 8.02. The molecule has 2 aromatic rings. The zero-order chi connectivity index (χ0) is 17.9. The quantitative estimate of drug-likeness (QED) is 0.756. The highest BCUT2D eigenvalue weighted by Gasteiger charge is 2.18. The van der Waals surface area contributed by atoms with Crippen LogP contribution in [0.3, 0.4) is 0 Å². The topological polar surface area (TPSA) is 41.1 Å². The Morgan fingerprint density at radius 2 is 1.75 bits per heavy atom. The molecule has 0 heterocycles. The Morgan fingerprint density at radius 3 is 2.42 bits per heavy atom. The highest BCUT2D eigenvalue weighted by Crippen LogP contribution is 2.26. The lowest BCUT2D eigenvalue weighted by molar-refractivity contribution is -0.117. The Bertz CT molecular complexity index is 746. The minimum absolute atomic E-state index is 0.0749. The largest absolute Gasteiger partial charge is 0.324 e. The van der Waals surface area contributed by atoms with E-state index < -0.39 is 0 Å². The summed E-state index contributed by atoms with van der Waals surface area (Å²) in [5.41, 5.74) is 3.89. The van der Waals surface area contributed by atoms with Gasteiger partial charge in [-0.1, -0.05) is 41.4 Å². The number of aryl methyl sites for hydroxylation is 2. The Balaban J connectivity index is 2.04. The molecule has 0 radical (unpaired) electrons. The fraction of sp³-hybridized carbons (Fsp3) is 0.316. The molecule has 0 saturated heterocycles. The summed E-state index contributed by atoms with van der Waals surface area (Å²) in [5.74, 6) is -0.0827. The smallest absolute Gasteiger partial charge is 0.241 e. The molecule has 2 N–H and O–H groups in total. The molecule has 1 amide bonds. The molecule has 0 aliphatic carbocycles. The van der Waals surface area contributed by atoms with Crippen molar-refractivity contribution >= 4 is 34.8 Å². The van der Waals surface area contributed by atoms with Crippen LogP contribution in [0.1, 0.15) is 36.6 Å². The van der Waals surface area contributed by atoms with E-state index in [0.717, 1.165) is 22.4 Å². The van der Waals surface area contributed by atoms with E-state index in [9.17, 15) is 4.79 Å². The van der Waals surface area contributed by atoms with E-state index in [1.807, 2.05) is 52.0 Å². The normalized spacial score (nSPS) is 13.4. The Morgan fingerprint density at radius 1 is 1.04 bits per heavy atom. The molecule has 3 nitrogen and oxygen atoms in total. The molecular weight excluding hydrogens is 343 g/mol. The third kappa shape index (κ3) is 4.73. The minimum atomic E-state index is -0.369. The van der Waals surface area contributed by atoms with E-state index >= 15 is 0 Å². The first-order valence-electron chi connectivity index (χ1n) is 7.87. The molecule has 0 bridgehead atoms. The van der Waals surface area contributed by atoms with Crippen LogP contribution in [0.5, 0.6) is 0 Å². The van der Waals surface area contributed by atoms with Gasteiger partial charge in [-0.2, -0.15) is 0 Å². The van der Waals surface area contributed by atoms with Gasteiger partial charge in [0.2, 0.25) is 5.91 Å². The van der Waals surface area contributed by atoms with Crippen LogP contribution in [-0.2, 0) is 4.79 Å². The van der Waals surface area contributed by atoms with Crippen LogP contribution < -0.4 is 10.6 Å². The van der Waals surface area contributed by atoms with E-state index in [2.05, 4.69) is 10.6 Å². The summed E-state index contributed by atoms with van der Waals surface area (Å²) < 4.78 is 0. The maximum atomic E-state index is 12.5. The van der Waals surface area contributed by atoms with E-state index in [0.29, 0.717) is 10.0 Å². The van der Waals surface area contributed by atoms with Crippen molar-refractivity contribution in [3.05, 3.63) is 63.1 Å². The van der Waals surface area contributed by atoms with Crippen molar-refractivity contribution in [1.29, 1.82) is 0 Å². The van der Waals surface area contributed by atoms with Gasteiger partial charge in [0, 0.05) is 21.8 Å². The molecule has 2 atom stereocenters. The van der Waals surface area contributed by atoms with Crippen molar-refractivity contribution in [2.45, 2.75) is 39.8 Å². The number of carbonyl (C=O) groups excluding carboxylic acids is 1. The van der Waals surface area contributed by atoms with Crippen LogP contribution >= 0.6 is 23.2 Å². The first-order chi connectivity index (χ1) is 11.3. The number of nitrogens with one attached hydrogen (secondary N) is 2. The summed E-state index contributed by atoms with van der Waals surface area (Å²) in [6.45, 7) is 7.78. The third-order valence-corrected chi connectivity index (χ3v) is 4.54. The molecule has 2 aromatic carbocycles. The molecule has 24 heavy (non-hydrogen) atoms. The Labute approximate surface area is 153 Å². The number of carbonyl (C=O) groups is 1. The van der Waals surface area contributed by atoms with Crippen molar-refractivity contribution < 1.29 is 4.79 Å². The van der Waals surface area contributed by atoms with Crippen molar-refractivity contribution in [2.75, 3.05) is 5.32 Å². The van der Waals surface area contributed by atoms with Gasteiger partial charge in [0.05, 0.1) is 6.04 Å². The standard InChI is InChI=1S/C19H22Cl2N2O/c1-11-5-6-12(2)18(9-11)23-19(24)14(4)22-13(3)16-8-7-15(20)10-17(16)21/h5-10,13-14,22H,1-4H3,(H,23,24). The molecule has 0 saturated carbocycles. The molecule has 128 valence electrons. The Kier molecular flexibility index (Phi) is 6.27. The number of anilines is 1. The van der Waals surface area contributed by atoms with Gasteiger partial charge in [-0.05, 0) is 62.6 Å². The van der Waals surface area contributed by atoms with Crippen molar-refractivity contribution in [2.24, 2.45) is 0 Å². The van der Waals surface area contributed by atoms with Gasteiger partial charge in [0.1, 0.15) is 0 Å². The van der Waals surface area contributed by atoms with Crippen LogP contribution in [0.4, 0.5) is 5.69 Å². The summed E-state index contributed by atoms with van der Waals surface area (Å²) >= 11 is 12.2. The average molecular weight is 365 g/mol. The minimum Gasteiger partial charge on any atom is -0.324 e. The zero-order valence-corrected chi connectivity index (χ0v) is 15.8. The summed E-state index contributed by atoms with van der Waals surface area (Å²) in [4.78, 5) is 12.5.